The molecule has 130 valence electrons. The maximum Gasteiger partial charge on any atom is 0.313 e. The van der Waals surface area contributed by atoms with Crippen molar-refractivity contribution < 1.29 is 18.7 Å². The number of aliphatic carboxylic acids is 1. The van der Waals surface area contributed by atoms with Crippen molar-refractivity contribution >= 4 is 26.0 Å². The molecule has 0 aliphatic carbocycles. The van der Waals surface area contributed by atoms with E-state index in [0.29, 0.717) is 5.75 Å². The van der Waals surface area contributed by atoms with Crippen molar-refractivity contribution in [3.63, 3.8) is 0 Å². The molecule has 0 saturated carbocycles. The topological polar surface area (TPSA) is 46.5 Å². The highest BCUT2D eigenvalue weighted by molar-refractivity contribution is 7.99. The molecule has 0 bridgehead atoms. The van der Waals surface area contributed by atoms with Crippen LogP contribution >= 0.6 is 11.8 Å². The quantitative estimate of drug-likeness (QED) is 0.519. The Morgan fingerprint density at radius 1 is 1.30 bits per heavy atom. The molecule has 3 nitrogen and oxygen atoms in total. The molecule has 0 unspecified atom stereocenters. The summed E-state index contributed by atoms with van der Waals surface area (Å²) in [4.78, 5) is 10.6. The fourth-order valence-corrected chi connectivity index (χ4v) is 3.87. The van der Waals surface area contributed by atoms with Crippen LogP contribution in [0, 0.1) is 5.82 Å². The van der Waals surface area contributed by atoms with Gasteiger partial charge in [0.2, 0.25) is 0 Å². The highest BCUT2D eigenvalue weighted by atomic mass is 32.2. The number of hydrogen-bond acceptors (Lipinski definition) is 3. The third kappa shape index (κ3) is 6.65. The zero-order valence-electron chi connectivity index (χ0n) is 14.6. The molecule has 0 saturated heterocycles. The molecule has 1 atom stereocenters. The van der Waals surface area contributed by atoms with Gasteiger partial charge < -0.3 is 9.53 Å². The lowest BCUT2D eigenvalue weighted by Gasteiger charge is -2.39. The van der Waals surface area contributed by atoms with Crippen molar-refractivity contribution in [1.82, 2.24) is 0 Å². The standard InChI is InChI=1S/C17H27FO3SSi/c1-17(2,3)23(4,5)21-15(10-11-22-12-16(19)20)13-6-8-14(18)9-7-13/h6-9,15H,10-12H2,1-5H3,(H,19,20)/t15-/m0/s1. The molecular formula is C17H27FO3SSi. The van der Waals surface area contributed by atoms with E-state index in [1.165, 1.54) is 23.9 Å². The van der Waals surface area contributed by atoms with Crippen molar-refractivity contribution in [2.24, 2.45) is 0 Å². The van der Waals surface area contributed by atoms with Crippen molar-refractivity contribution in [2.45, 2.75) is 51.4 Å². The smallest absolute Gasteiger partial charge is 0.313 e. The van der Waals surface area contributed by atoms with Gasteiger partial charge in [0.1, 0.15) is 5.82 Å². The van der Waals surface area contributed by atoms with Gasteiger partial charge in [0.15, 0.2) is 8.32 Å². The van der Waals surface area contributed by atoms with E-state index in [9.17, 15) is 9.18 Å². The Balaban J connectivity index is 2.84. The van der Waals surface area contributed by atoms with Gasteiger partial charge in [-0.2, -0.15) is 11.8 Å². The Morgan fingerprint density at radius 2 is 1.87 bits per heavy atom. The molecule has 1 aromatic carbocycles. The molecule has 0 aliphatic rings. The van der Waals surface area contributed by atoms with Crippen molar-refractivity contribution in [3.05, 3.63) is 35.6 Å². The summed E-state index contributed by atoms with van der Waals surface area (Å²) in [6.07, 6.45) is 0.591. The van der Waals surface area contributed by atoms with Crippen LogP contribution in [0.5, 0.6) is 0 Å². The molecular weight excluding hydrogens is 331 g/mol. The normalized spacial score (nSPS) is 13.8. The van der Waals surface area contributed by atoms with E-state index in [4.69, 9.17) is 9.53 Å². The minimum absolute atomic E-state index is 0.0828. The minimum atomic E-state index is -1.97. The van der Waals surface area contributed by atoms with Gasteiger partial charge in [0.25, 0.3) is 0 Å². The monoisotopic (exact) mass is 358 g/mol. The van der Waals surface area contributed by atoms with Crippen LogP contribution in [-0.2, 0) is 9.22 Å². The van der Waals surface area contributed by atoms with Gasteiger partial charge in [-0.3, -0.25) is 4.79 Å². The van der Waals surface area contributed by atoms with E-state index in [2.05, 4.69) is 33.9 Å². The number of thioether (sulfide) groups is 1. The molecule has 0 aromatic heterocycles. The SMILES string of the molecule is CC(C)(C)[Si](C)(C)O[C@@H](CCSCC(=O)O)c1ccc(F)cc1. The first kappa shape index (κ1) is 20.2. The first-order valence-electron chi connectivity index (χ1n) is 7.76. The summed E-state index contributed by atoms with van der Waals surface area (Å²) < 4.78 is 19.7. The predicted octanol–water partition coefficient (Wildman–Crippen LogP) is 5.10. The summed E-state index contributed by atoms with van der Waals surface area (Å²) in [5.41, 5.74) is 0.951. The van der Waals surface area contributed by atoms with Gasteiger partial charge >= 0.3 is 5.97 Å². The second-order valence-electron chi connectivity index (χ2n) is 7.15. The number of rotatable bonds is 8. The second-order valence-corrected chi connectivity index (χ2v) is 13.0. The van der Waals surface area contributed by atoms with Gasteiger partial charge in [-0.15, -0.1) is 0 Å². The van der Waals surface area contributed by atoms with Crippen LogP contribution in [0.4, 0.5) is 4.39 Å². The molecule has 1 aromatic rings. The number of hydrogen-bond donors (Lipinski definition) is 1. The molecule has 1 N–H and O–H groups in total. The van der Waals surface area contributed by atoms with Crippen molar-refractivity contribution in [3.8, 4) is 0 Å². The van der Waals surface area contributed by atoms with E-state index in [1.54, 1.807) is 12.1 Å². The lowest BCUT2D eigenvalue weighted by molar-refractivity contribution is -0.133. The molecule has 1 rings (SSSR count). The highest BCUT2D eigenvalue weighted by Crippen LogP contribution is 2.40. The van der Waals surface area contributed by atoms with Gasteiger partial charge in [0.05, 0.1) is 11.9 Å². The van der Waals surface area contributed by atoms with Gasteiger partial charge in [-0.1, -0.05) is 32.9 Å². The van der Waals surface area contributed by atoms with Crippen LogP contribution in [0.1, 0.15) is 38.9 Å². The summed E-state index contributed by atoms with van der Waals surface area (Å²) >= 11 is 1.38. The Kier molecular flexibility index (Phi) is 7.29. The number of carboxylic acids is 1. The van der Waals surface area contributed by atoms with Crippen LogP contribution in [0.2, 0.25) is 18.1 Å². The summed E-state index contributed by atoms with van der Waals surface area (Å²) in [6, 6.07) is 6.41. The zero-order chi connectivity index (χ0) is 17.7. The number of carbonyl (C=O) groups is 1. The maximum absolute atomic E-state index is 13.2. The van der Waals surface area contributed by atoms with E-state index in [1.807, 2.05) is 0 Å². The Bertz CT molecular complexity index is 512. The highest BCUT2D eigenvalue weighted by Gasteiger charge is 2.39. The molecule has 0 amide bonds. The summed E-state index contributed by atoms with van der Waals surface area (Å²) in [7, 11) is -1.97. The van der Waals surface area contributed by atoms with Gasteiger partial charge in [0, 0.05) is 0 Å². The second kappa shape index (κ2) is 8.31. The number of benzene rings is 1. The summed E-state index contributed by atoms with van der Waals surface area (Å²) in [5, 5.41) is 8.82. The Hall–Kier alpha value is -0.853. The fraction of sp³-hybridized carbons (Fsp3) is 0.588. The van der Waals surface area contributed by atoms with Crippen LogP contribution in [0.15, 0.2) is 24.3 Å². The fourth-order valence-electron chi connectivity index (χ4n) is 1.85. The third-order valence-electron chi connectivity index (χ3n) is 4.23. The van der Waals surface area contributed by atoms with Crippen LogP contribution in [0.3, 0.4) is 0 Å². The third-order valence-corrected chi connectivity index (χ3v) is 9.70. The van der Waals surface area contributed by atoms with E-state index < -0.39 is 14.3 Å². The summed E-state index contributed by atoms with van der Waals surface area (Å²) in [5.74, 6) is -0.280. The molecule has 6 heteroatoms. The average Bonchev–Trinajstić information content (AvgIpc) is 2.41. The number of halogens is 1. The first-order chi connectivity index (χ1) is 10.5. The molecule has 0 heterocycles. The molecule has 0 spiro atoms. The van der Waals surface area contributed by atoms with Crippen molar-refractivity contribution in [2.75, 3.05) is 11.5 Å². The molecule has 0 fully saturated rings. The van der Waals surface area contributed by atoms with Crippen molar-refractivity contribution in [1.29, 1.82) is 0 Å². The summed E-state index contributed by atoms with van der Waals surface area (Å²) in [6.45, 7) is 10.9. The van der Waals surface area contributed by atoms with Crippen LogP contribution < -0.4 is 0 Å². The molecule has 23 heavy (non-hydrogen) atoms. The molecule has 0 radical (unpaired) electrons. The van der Waals surface area contributed by atoms with Gasteiger partial charge in [-0.25, -0.2) is 4.39 Å². The molecule has 0 aliphatic heterocycles. The largest absolute Gasteiger partial charge is 0.481 e. The van der Waals surface area contributed by atoms with Crippen LogP contribution in [-0.4, -0.2) is 30.9 Å². The average molecular weight is 359 g/mol. The van der Waals surface area contributed by atoms with E-state index >= 15 is 0 Å². The lowest BCUT2D eigenvalue weighted by atomic mass is 10.1. The van der Waals surface area contributed by atoms with E-state index in [-0.39, 0.29) is 22.7 Å². The lowest BCUT2D eigenvalue weighted by Crippen LogP contribution is -2.42. The predicted molar refractivity (Wildman–Crippen MR) is 97.0 cm³/mol. The minimum Gasteiger partial charge on any atom is -0.481 e. The first-order valence-corrected chi connectivity index (χ1v) is 11.8. The maximum atomic E-state index is 13.2. The van der Waals surface area contributed by atoms with E-state index in [0.717, 1.165) is 12.0 Å². The zero-order valence-corrected chi connectivity index (χ0v) is 16.4. The number of carboxylic acid groups (broad SMARTS) is 1. The Morgan fingerprint density at radius 3 is 2.35 bits per heavy atom. The Labute approximate surface area is 143 Å². The van der Waals surface area contributed by atoms with Crippen LogP contribution in [0.25, 0.3) is 0 Å². The van der Waals surface area contributed by atoms with Gasteiger partial charge in [-0.05, 0) is 48.0 Å².